The molecule has 7 rings (SSSR count). The standard InChI is InChI=1S/C34H34N6O3/c1-6-8-19-9-7-10-22-28(19)25-16-26(39(5)30(22)41)29-38-23-12-11-20(15-24(23)40(25)29)21-17-36-31(37-18-21)34(43-32(35)42)14-13-27(34)33(2,3)4/h7,9-12,15,17-18,25-27H,13-14,16H2,1-5H3,(H2,35,42)/t25-,26-,27?,34?/m1/s1/i5D3. The van der Waals surface area contributed by atoms with Crippen LogP contribution in [0.1, 0.15) is 96.3 Å². The second-order valence-electron chi connectivity index (χ2n) is 12.7. The molecule has 2 aromatic carbocycles. The monoisotopic (exact) mass is 577 g/mol. The summed E-state index contributed by atoms with van der Waals surface area (Å²) in [5.41, 5.74) is 9.17. The number of benzene rings is 2. The van der Waals surface area contributed by atoms with E-state index in [1.165, 1.54) is 0 Å². The van der Waals surface area contributed by atoms with Crippen LogP contribution in [-0.2, 0) is 10.3 Å². The number of carbonyl (C=O) groups excluding carboxylic acids is 2. The molecule has 1 fully saturated rings. The van der Waals surface area contributed by atoms with Crippen molar-refractivity contribution in [1.29, 1.82) is 0 Å². The summed E-state index contributed by atoms with van der Waals surface area (Å²) in [6.45, 7) is 5.37. The van der Waals surface area contributed by atoms with Gasteiger partial charge >= 0.3 is 6.09 Å². The zero-order valence-electron chi connectivity index (χ0n) is 27.5. The summed E-state index contributed by atoms with van der Waals surface area (Å²) in [6, 6.07) is 10.0. The van der Waals surface area contributed by atoms with Crippen LogP contribution in [0.4, 0.5) is 4.79 Å². The van der Waals surface area contributed by atoms with Gasteiger partial charge in [-0.1, -0.05) is 38.8 Å². The molecule has 2 aromatic heterocycles. The summed E-state index contributed by atoms with van der Waals surface area (Å²) < 4.78 is 32.6. The number of carbonyl (C=O) groups is 2. The number of primary amides is 1. The fraction of sp³-hybridized carbons (Fsp3) is 0.382. The highest BCUT2D eigenvalue weighted by Crippen LogP contribution is 2.56. The Bertz CT molecular complexity index is 1990. The van der Waals surface area contributed by atoms with Gasteiger partial charge in [0.2, 0.25) is 0 Å². The normalized spacial score (nSPS) is 25.3. The Labute approximate surface area is 254 Å². The first-order valence-electron chi connectivity index (χ1n) is 16.0. The summed E-state index contributed by atoms with van der Waals surface area (Å²) in [5.74, 6) is 6.49. The first kappa shape index (κ1) is 23.8. The van der Waals surface area contributed by atoms with Crippen LogP contribution in [0.5, 0.6) is 0 Å². The molecule has 0 spiro atoms. The van der Waals surface area contributed by atoms with E-state index in [1.807, 2.05) is 24.3 Å². The number of nitrogens with zero attached hydrogens (tertiary/aromatic N) is 5. The molecule has 9 heteroatoms. The van der Waals surface area contributed by atoms with Crippen molar-refractivity contribution < 1.29 is 18.4 Å². The van der Waals surface area contributed by atoms with Crippen LogP contribution in [0.15, 0.2) is 48.8 Å². The van der Waals surface area contributed by atoms with E-state index >= 15 is 0 Å². The Hall–Kier alpha value is -4.71. The second-order valence-corrected chi connectivity index (χ2v) is 12.7. The van der Waals surface area contributed by atoms with E-state index in [0.717, 1.165) is 28.0 Å². The van der Waals surface area contributed by atoms with Crippen molar-refractivity contribution in [1.82, 2.24) is 24.4 Å². The van der Waals surface area contributed by atoms with E-state index in [0.29, 0.717) is 46.7 Å². The van der Waals surface area contributed by atoms with Crippen molar-refractivity contribution >= 4 is 23.0 Å². The van der Waals surface area contributed by atoms with Gasteiger partial charge in [0.25, 0.3) is 5.91 Å². The Balaban J connectivity index is 1.34. The molecule has 4 atom stereocenters. The van der Waals surface area contributed by atoms with Gasteiger partial charge in [0.15, 0.2) is 11.4 Å². The van der Waals surface area contributed by atoms with Crippen molar-refractivity contribution in [3.05, 3.63) is 77.1 Å². The van der Waals surface area contributed by atoms with Gasteiger partial charge in [0, 0.05) is 58.1 Å². The zero-order chi connectivity index (χ0) is 32.8. The third-order valence-electron chi connectivity index (χ3n) is 9.29. The van der Waals surface area contributed by atoms with Crippen LogP contribution < -0.4 is 5.73 Å². The van der Waals surface area contributed by atoms with Crippen molar-refractivity contribution in [3.63, 3.8) is 0 Å². The number of nitrogens with two attached hydrogens (primary N) is 1. The molecule has 2 unspecified atom stereocenters. The predicted molar refractivity (Wildman–Crippen MR) is 162 cm³/mol. The Kier molecular flexibility index (Phi) is 5.20. The van der Waals surface area contributed by atoms with Gasteiger partial charge < -0.3 is 19.9 Å². The minimum atomic E-state index is -2.67. The second kappa shape index (κ2) is 9.40. The molecule has 43 heavy (non-hydrogen) atoms. The summed E-state index contributed by atoms with van der Waals surface area (Å²) in [4.78, 5) is 41.0. The van der Waals surface area contributed by atoms with Crippen LogP contribution in [-0.4, -0.2) is 43.4 Å². The molecule has 218 valence electrons. The highest BCUT2D eigenvalue weighted by atomic mass is 16.6. The van der Waals surface area contributed by atoms with Gasteiger partial charge in [-0.2, -0.15) is 0 Å². The van der Waals surface area contributed by atoms with E-state index in [4.69, 9.17) is 29.5 Å². The summed E-state index contributed by atoms with van der Waals surface area (Å²) in [5, 5.41) is 0. The average Bonchev–Trinajstić information content (AvgIpc) is 3.47. The summed E-state index contributed by atoms with van der Waals surface area (Å²) >= 11 is 0. The maximum absolute atomic E-state index is 13.8. The molecule has 3 aliphatic rings. The highest BCUT2D eigenvalue weighted by Gasteiger charge is 2.58. The van der Waals surface area contributed by atoms with Crippen LogP contribution in [0.3, 0.4) is 0 Å². The Morgan fingerprint density at radius 1 is 1.16 bits per heavy atom. The fourth-order valence-electron chi connectivity index (χ4n) is 7.36. The number of fused-ring (bicyclic) bond motifs is 9. The third-order valence-corrected chi connectivity index (χ3v) is 9.29. The first-order valence-corrected chi connectivity index (χ1v) is 14.5. The summed E-state index contributed by atoms with van der Waals surface area (Å²) in [7, 11) is 0. The molecule has 1 saturated carbocycles. The van der Waals surface area contributed by atoms with Gasteiger partial charge in [0.05, 0.1) is 23.1 Å². The molecule has 4 heterocycles. The van der Waals surface area contributed by atoms with Crippen molar-refractivity contribution in [2.75, 3.05) is 6.98 Å². The maximum atomic E-state index is 13.8. The number of rotatable bonds is 3. The van der Waals surface area contributed by atoms with E-state index in [9.17, 15) is 9.59 Å². The molecule has 1 aliphatic carbocycles. The highest BCUT2D eigenvalue weighted by molar-refractivity contribution is 5.98. The topological polar surface area (TPSA) is 116 Å². The van der Waals surface area contributed by atoms with Gasteiger partial charge in [-0.15, -0.1) is 5.92 Å². The summed E-state index contributed by atoms with van der Waals surface area (Å²) in [6.07, 6.45) is 4.42. The Morgan fingerprint density at radius 3 is 2.60 bits per heavy atom. The van der Waals surface area contributed by atoms with Gasteiger partial charge in [0.1, 0.15) is 5.82 Å². The molecule has 9 nitrogen and oxygen atoms in total. The lowest BCUT2D eigenvalue weighted by Gasteiger charge is -2.52. The van der Waals surface area contributed by atoms with E-state index in [-0.39, 0.29) is 17.4 Å². The molecule has 0 radical (unpaired) electrons. The molecule has 2 amide bonds. The van der Waals surface area contributed by atoms with E-state index < -0.39 is 30.6 Å². The SMILES string of the molecule is [2H]C([2H])([2H])N1C(=O)c2cccc(C#CC)c2[C@H]2C[C@@H]1c1nc3ccc(-c4cnc(C5(OC(N)=O)CCC5C(C)(C)C)nc4)cc3n12. The lowest BCUT2D eigenvalue weighted by atomic mass is 9.58. The number of amides is 2. The fourth-order valence-corrected chi connectivity index (χ4v) is 7.36. The smallest absolute Gasteiger partial charge is 0.405 e. The van der Waals surface area contributed by atoms with Crippen molar-refractivity contribution in [2.24, 2.45) is 17.1 Å². The van der Waals surface area contributed by atoms with Gasteiger partial charge in [-0.3, -0.25) is 4.79 Å². The van der Waals surface area contributed by atoms with Gasteiger partial charge in [-0.05, 0) is 55.0 Å². The van der Waals surface area contributed by atoms with Crippen LogP contribution in [0.25, 0.3) is 22.2 Å². The number of aromatic nitrogens is 4. The molecule has 2 N–H and O–H groups in total. The number of imidazole rings is 1. The molecule has 2 bridgehead atoms. The average molecular weight is 578 g/mol. The largest absolute Gasteiger partial charge is 0.435 e. The lowest BCUT2D eigenvalue weighted by molar-refractivity contribution is -0.149. The van der Waals surface area contributed by atoms with Crippen LogP contribution in [0, 0.1) is 23.2 Å². The quantitative estimate of drug-likeness (QED) is 0.311. The number of ether oxygens (including phenoxy) is 1. The first-order chi connectivity index (χ1) is 21.7. The van der Waals surface area contributed by atoms with E-state index in [1.54, 1.807) is 31.5 Å². The third kappa shape index (κ3) is 3.96. The minimum Gasteiger partial charge on any atom is -0.435 e. The molecule has 0 saturated heterocycles. The van der Waals surface area contributed by atoms with Crippen molar-refractivity contribution in [2.45, 2.75) is 64.6 Å². The van der Waals surface area contributed by atoms with Crippen LogP contribution in [0.2, 0.25) is 0 Å². The lowest BCUT2D eigenvalue weighted by Crippen LogP contribution is -2.54. The molecule has 4 aromatic rings. The minimum absolute atomic E-state index is 0.0130. The zero-order valence-corrected chi connectivity index (χ0v) is 24.5. The van der Waals surface area contributed by atoms with Crippen LogP contribution >= 0.6 is 0 Å². The number of hydrogen-bond donors (Lipinski definition) is 1. The molecular formula is C34H34N6O3. The number of hydrogen-bond acceptors (Lipinski definition) is 6. The van der Waals surface area contributed by atoms with Crippen molar-refractivity contribution in [3.8, 4) is 23.0 Å². The van der Waals surface area contributed by atoms with Gasteiger partial charge in [-0.25, -0.2) is 19.7 Å². The molecule has 2 aliphatic heterocycles. The maximum Gasteiger partial charge on any atom is 0.405 e. The Morgan fingerprint density at radius 2 is 1.95 bits per heavy atom. The van der Waals surface area contributed by atoms with E-state index in [2.05, 4.69) is 37.2 Å². The predicted octanol–water partition coefficient (Wildman–Crippen LogP) is 5.73. The molecular weight excluding hydrogens is 540 g/mol.